The van der Waals surface area contributed by atoms with Gasteiger partial charge < -0.3 is 19.4 Å². The highest BCUT2D eigenvalue weighted by Gasteiger charge is 2.45. The van der Waals surface area contributed by atoms with Crippen molar-refractivity contribution >= 4 is 11.8 Å². The summed E-state index contributed by atoms with van der Waals surface area (Å²) in [5.41, 5.74) is 1.12. The van der Waals surface area contributed by atoms with E-state index in [9.17, 15) is 4.79 Å². The number of benzene rings is 1. The Kier molecular flexibility index (Phi) is 5.05. The Hall–Kier alpha value is -1.79. The van der Waals surface area contributed by atoms with Gasteiger partial charge >= 0.3 is 6.09 Å². The van der Waals surface area contributed by atoms with Gasteiger partial charge in [0.2, 0.25) is 0 Å². The highest BCUT2D eigenvalue weighted by atomic mass is 16.6. The van der Waals surface area contributed by atoms with E-state index < -0.39 is 0 Å². The molecule has 0 radical (unpaired) electrons. The minimum atomic E-state index is -0.219. The molecule has 0 atom stereocenters. The molecule has 3 aliphatic heterocycles. The van der Waals surface area contributed by atoms with Crippen molar-refractivity contribution in [1.29, 1.82) is 0 Å². The number of carbonyl (C=O) groups is 1. The molecule has 1 aromatic carbocycles. The van der Waals surface area contributed by atoms with Crippen molar-refractivity contribution in [3.05, 3.63) is 30.3 Å². The summed E-state index contributed by atoms with van der Waals surface area (Å²) in [4.78, 5) is 21.0. The monoisotopic (exact) mass is 358 g/mol. The van der Waals surface area contributed by atoms with Gasteiger partial charge in [0, 0.05) is 77.9 Å². The zero-order valence-electron chi connectivity index (χ0n) is 15.8. The Morgan fingerprint density at radius 3 is 2.12 bits per heavy atom. The van der Waals surface area contributed by atoms with Crippen LogP contribution in [-0.4, -0.2) is 92.3 Å². The minimum Gasteiger partial charge on any atom is -0.441 e. The van der Waals surface area contributed by atoms with Gasteiger partial charge in [0.15, 0.2) is 0 Å². The fourth-order valence-electron chi connectivity index (χ4n) is 4.39. The van der Waals surface area contributed by atoms with Crippen LogP contribution in [0.25, 0.3) is 0 Å². The second kappa shape index (κ2) is 7.45. The predicted octanol–water partition coefficient (Wildman–Crippen LogP) is 1.73. The SMILES string of the molecule is CN1CC2(CCN(CCN3CCN(c4ccccc4)CC3)CC2)OC1=O. The molecule has 4 rings (SSSR count). The maximum atomic E-state index is 11.7. The maximum absolute atomic E-state index is 11.7. The molecule has 3 fully saturated rings. The van der Waals surface area contributed by atoms with Gasteiger partial charge in [0.1, 0.15) is 5.60 Å². The molecule has 6 nitrogen and oxygen atoms in total. The second-order valence-corrected chi connectivity index (χ2v) is 7.91. The predicted molar refractivity (Wildman–Crippen MR) is 103 cm³/mol. The third-order valence-corrected chi connectivity index (χ3v) is 6.13. The lowest BCUT2D eigenvalue weighted by atomic mass is 9.91. The van der Waals surface area contributed by atoms with Crippen LogP contribution in [0.15, 0.2) is 30.3 Å². The van der Waals surface area contributed by atoms with E-state index in [1.165, 1.54) is 5.69 Å². The molecule has 0 aromatic heterocycles. The number of likely N-dealkylation sites (N-methyl/N-ethyl adjacent to an activating group) is 1. The van der Waals surface area contributed by atoms with Crippen LogP contribution in [0.1, 0.15) is 12.8 Å². The molecule has 0 N–H and O–H groups in total. The summed E-state index contributed by atoms with van der Waals surface area (Å²) >= 11 is 0. The van der Waals surface area contributed by atoms with Crippen LogP contribution < -0.4 is 4.90 Å². The lowest BCUT2D eigenvalue weighted by molar-refractivity contribution is -0.00111. The van der Waals surface area contributed by atoms with Crippen LogP contribution >= 0.6 is 0 Å². The molecule has 1 spiro atoms. The molecule has 0 unspecified atom stereocenters. The summed E-state index contributed by atoms with van der Waals surface area (Å²) < 4.78 is 5.64. The Labute approximate surface area is 156 Å². The van der Waals surface area contributed by atoms with Crippen molar-refractivity contribution in [2.24, 2.45) is 0 Å². The highest BCUT2D eigenvalue weighted by molar-refractivity contribution is 5.70. The number of ether oxygens (including phenoxy) is 1. The summed E-state index contributed by atoms with van der Waals surface area (Å²) in [5, 5.41) is 0. The van der Waals surface area contributed by atoms with E-state index in [0.29, 0.717) is 0 Å². The molecule has 0 aliphatic carbocycles. The summed E-state index contributed by atoms with van der Waals surface area (Å²) in [6.07, 6.45) is 1.77. The first-order chi connectivity index (χ1) is 12.6. The smallest absolute Gasteiger partial charge is 0.410 e. The van der Waals surface area contributed by atoms with Crippen LogP contribution in [0.2, 0.25) is 0 Å². The number of carbonyl (C=O) groups excluding carboxylic acids is 1. The lowest BCUT2D eigenvalue weighted by Gasteiger charge is -2.40. The number of piperidine rings is 1. The number of hydrogen-bond donors (Lipinski definition) is 0. The molecule has 1 aromatic rings. The van der Waals surface area contributed by atoms with Crippen molar-refractivity contribution in [2.45, 2.75) is 18.4 Å². The summed E-state index contributed by atoms with van der Waals surface area (Å²) in [5.74, 6) is 0. The first-order valence-corrected chi connectivity index (χ1v) is 9.82. The third kappa shape index (κ3) is 3.81. The zero-order valence-corrected chi connectivity index (χ0v) is 15.8. The molecule has 3 heterocycles. The summed E-state index contributed by atoms with van der Waals surface area (Å²) in [6.45, 7) is 9.55. The molecule has 3 aliphatic rings. The van der Waals surface area contributed by atoms with Crippen LogP contribution in [0.5, 0.6) is 0 Å². The normalized spacial score (nSPS) is 24.3. The first kappa shape index (κ1) is 17.6. The Morgan fingerprint density at radius 1 is 0.923 bits per heavy atom. The zero-order chi connectivity index (χ0) is 18.0. The van der Waals surface area contributed by atoms with E-state index in [-0.39, 0.29) is 11.7 Å². The van der Waals surface area contributed by atoms with Crippen molar-refractivity contribution in [2.75, 3.05) is 70.9 Å². The summed E-state index contributed by atoms with van der Waals surface area (Å²) in [7, 11) is 1.83. The molecule has 1 amide bonds. The molecule has 142 valence electrons. The molecular formula is C20H30N4O2. The third-order valence-electron chi connectivity index (χ3n) is 6.13. The van der Waals surface area contributed by atoms with E-state index in [1.54, 1.807) is 4.90 Å². The molecular weight excluding hydrogens is 328 g/mol. The topological polar surface area (TPSA) is 39.3 Å². The van der Waals surface area contributed by atoms with Crippen molar-refractivity contribution < 1.29 is 9.53 Å². The fraction of sp³-hybridized carbons (Fsp3) is 0.650. The van der Waals surface area contributed by atoms with Crippen molar-refractivity contribution in [3.8, 4) is 0 Å². The lowest BCUT2D eigenvalue weighted by Crippen LogP contribution is -2.51. The van der Waals surface area contributed by atoms with Crippen LogP contribution in [-0.2, 0) is 4.74 Å². The van der Waals surface area contributed by atoms with Gasteiger partial charge in [-0.25, -0.2) is 4.79 Å². The number of rotatable bonds is 4. The number of nitrogens with zero attached hydrogens (tertiary/aromatic N) is 4. The van der Waals surface area contributed by atoms with E-state index >= 15 is 0 Å². The largest absolute Gasteiger partial charge is 0.441 e. The van der Waals surface area contributed by atoms with E-state index in [4.69, 9.17) is 4.74 Å². The number of likely N-dealkylation sites (tertiary alicyclic amines) is 1. The standard InChI is InChI=1S/C20H30N4O2/c1-21-17-20(26-19(21)25)7-9-22(10-8-20)11-12-23-13-15-24(16-14-23)18-5-3-2-4-6-18/h2-6H,7-17H2,1H3. The highest BCUT2D eigenvalue weighted by Crippen LogP contribution is 2.32. The van der Waals surface area contributed by atoms with Gasteiger partial charge in [-0.15, -0.1) is 0 Å². The molecule has 3 saturated heterocycles. The quantitative estimate of drug-likeness (QED) is 0.820. The van der Waals surface area contributed by atoms with Crippen LogP contribution in [0, 0.1) is 0 Å². The fourth-order valence-corrected chi connectivity index (χ4v) is 4.39. The average molecular weight is 358 g/mol. The van der Waals surface area contributed by atoms with E-state index in [2.05, 4.69) is 45.0 Å². The van der Waals surface area contributed by atoms with Gasteiger partial charge in [0.05, 0.1) is 6.54 Å². The molecule has 26 heavy (non-hydrogen) atoms. The Morgan fingerprint density at radius 2 is 1.54 bits per heavy atom. The maximum Gasteiger partial charge on any atom is 0.410 e. The van der Waals surface area contributed by atoms with Crippen molar-refractivity contribution in [3.63, 3.8) is 0 Å². The van der Waals surface area contributed by atoms with E-state index in [1.807, 2.05) is 7.05 Å². The minimum absolute atomic E-state index is 0.158. The van der Waals surface area contributed by atoms with Gasteiger partial charge in [0.25, 0.3) is 0 Å². The van der Waals surface area contributed by atoms with Crippen LogP contribution in [0.4, 0.5) is 10.5 Å². The summed E-state index contributed by atoms with van der Waals surface area (Å²) in [6, 6.07) is 10.7. The number of amides is 1. The Bertz CT molecular complexity index is 607. The average Bonchev–Trinajstić information content (AvgIpc) is 2.96. The van der Waals surface area contributed by atoms with Crippen molar-refractivity contribution in [1.82, 2.24) is 14.7 Å². The number of para-hydroxylation sites is 1. The van der Waals surface area contributed by atoms with Gasteiger partial charge in [-0.05, 0) is 12.1 Å². The number of piperazine rings is 1. The van der Waals surface area contributed by atoms with E-state index in [0.717, 1.165) is 71.7 Å². The molecule has 6 heteroatoms. The van der Waals surface area contributed by atoms with Gasteiger partial charge in [-0.2, -0.15) is 0 Å². The molecule has 0 saturated carbocycles. The van der Waals surface area contributed by atoms with Crippen LogP contribution in [0.3, 0.4) is 0 Å². The first-order valence-electron chi connectivity index (χ1n) is 9.82. The molecule has 0 bridgehead atoms. The second-order valence-electron chi connectivity index (χ2n) is 7.91. The van der Waals surface area contributed by atoms with Gasteiger partial charge in [-0.1, -0.05) is 18.2 Å². The Balaban J connectivity index is 1.18. The van der Waals surface area contributed by atoms with Gasteiger partial charge in [-0.3, -0.25) is 4.90 Å². The number of hydrogen-bond acceptors (Lipinski definition) is 5. The number of anilines is 1.